The summed E-state index contributed by atoms with van der Waals surface area (Å²) in [7, 11) is 0. The van der Waals surface area contributed by atoms with Crippen LogP contribution in [-0.2, 0) is 6.61 Å². The van der Waals surface area contributed by atoms with Crippen LogP contribution in [0.1, 0.15) is 51.0 Å². The Labute approximate surface area is 120 Å². The molecule has 4 nitrogen and oxygen atoms in total. The molecule has 2 atom stereocenters. The van der Waals surface area contributed by atoms with Gasteiger partial charge in [-0.05, 0) is 24.7 Å². The van der Waals surface area contributed by atoms with Crippen LogP contribution in [0.15, 0.2) is 18.3 Å². The van der Waals surface area contributed by atoms with Gasteiger partial charge in [0.05, 0.1) is 19.4 Å². The first kappa shape index (κ1) is 15.0. The number of allylic oxidation sites excluding steroid dienone is 2. The Hall–Kier alpha value is -1.42. The van der Waals surface area contributed by atoms with Crippen molar-refractivity contribution in [3.8, 4) is 5.75 Å². The van der Waals surface area contributed by atoms with E-state index in [1.807, 2.05) is 13.8 Å². The Morgan fingerprint density at radius 3 is 2.75 bits per heavy atom. The van der Waals surface area contributed by atoms with Crippen LogP contribution in [0.4, 0.5) is 0 Å². The summed E-state index contributed by atoms with van der Waals surface area (Å²) < 4.78 is 5.85. The number of ether oxygens (including phenoxy) is 1. The molecular weight excluding hydrogens is 252 g/mol. The molecule has 0 amide bonds. The Kier molecular flexibility index (Phi) is 5.12. The zero-order chi connectivity index (χ0) is 14.5. The highest BCUT2D eigenvalue weighted by molar-refractivity contribution is 5.24. The van der Waals surface area contributed by atoms with Gasteiger partial charge in [0.25, 0.3) is 0 Å². The zero-order valence-corrected chi connectivity index (χ0v) is 12.5. The molecule has 110 valence electrons. The largest absolute Gasteiger partial charge is 0.490 e. The van der Waals surface area contributed by atoms with E-state index < -0.39 is 0 Å². The molecular formula is C16H24N2O2. The van der Waals surface area contributed by atoms with Crippen LogP contribution in [0.2, 0.25) is 0 Å². The molecule has 2 unspecified atom stereocenters. The minimum absolute atomic E-state index is 0.113. The summed E-state index contributed by atoms with van der Waals surface area (Å²) in [5, 5.41) is 9.43. The van der Waals surface area contributed by atoms with Crippen LogP contribution in [-0.4, -0.2) is 21.7 Å². The summed E-state index contributed by atoms with van der Waals surface area (Å²) in [5.74, 6) is 2.76. The van der Waals surface area contributed by atoms with E-state index in [0.717, 1.165) is 18.7 Å². The van der Waals surface area contributed by atoms with Crippen LogP contribution in [0.25, 0.3) is 0 Å². The lowest BCUT2D eigenvalue weighted by Gasteiger charge is -2.25. The van der Waals surface area contributed by atoms with E-state index in [1.165, 1.54) is 0 Å². The number of nitrogens with zero attached hydrogens (tertiary/aromatic N) is 2. The summed E-state index contributed by atoms with van der Waals surface area (Å²) >= 11 is 0. The highest BCUT2D eigenvalue weighted by Gasteiger charge is 2.20. The van der Waals surface area contributed by atoms with Gasteiger partial charge in [0.1, 0.15) is 11.5 Å². The lowest BCUT2D eigenvalue weighted by Crippen LogP contribution is -2.21. The van der Waals surface area contributed by atoms with Gasteiger partial charge in [0.2, 0.25) is 0 Å². The number of aliphatic hydroxyl groups excluding tert-OH is 1. The lowest BCUT2D eigenvalue weighted by atomic mass is 9.85. The Morgan fingerprint density at radius 1 is 1.35 bits per heavy atom. The first-order chi connectivity index (χ1) is 9.61. The Bertz CT molecular complexity index is 472. The third kappa shape index (κ3) is 3.57. The molecule has 0 aliphatic heterocycles. The van der Waals surface area contributed by atoms with Gasteiger partial charge >= 0.3 is 0 Å². The fourth-order valence-corrected chi connectivity index (χ4v) is 2.37. The highest BCUT2D eigenvalue weighted by atomic mass is 16.5. The van der Waals surface area contributed by atoms with Crippen LogP contribution in [0.3, 0.4) is 0 Å². The molecule has 1 heterocycles. The van der Waals surface area contributed by atoms with Crippen molar-refractivity contribution in [2.75, 3.05) is 6.61 Å². The number of rotatable bonds is 5. The van der Waals surface area contributed by atoms with Crippen molar-refractivity contribution in [3.05, 3.63) is 29.9 Å². The summed E-state index contributed by atoms with van der Waals surface area (Å²) in [6.45, 7) is 6.86. The second kappa shape index (κ2) is 6.84. The molecule has 0 fully saturated rings. The van der Waals surface area contributed by atoms with Crippen molar-refractivity contribution in [1.29, 1.82) is 0 Å². The molecule has 1 aliphatic carbocycles. The van der Waals surface area contributed by atoms with Gasteiger partial charge in [0, 0.05) is 5.92 Å². The summed E-state index contributed by atoms with van der Waals surface area (Å²) in [6.07, 6.45) is 8.32. The maximum absolute atomic E-state index is 9.43. The summed E-state index contributed by atoms with van der Waals surface area (Å²) in [5.41, 5.74) is 0.586. The monoisotopic (exact) mass is 276 g/mol. The average Bonchev–Trinajstić information content (AvgIpc) is 2.46. The van der Waals surface area contributed by atoms with Crippen molar-refractivity contribution in [2.45, 2.75) is 46.1 Å². The van der Waals surface area contributed by atoms with Gasteiger partial charge < -0.3 is 9.84 Å². The predicted octanol–water partition coefficient (Wildman–Crippen LogP) is 3.07. The van der Waals surface area contributed by atoms with E-state index in [4.69, 9.17) is 4.74 Å². The molecule has 20 heavy (non-hydrogen) atoms. The van der Waals surface area contributed by atoms with E-state index in [2.05, 4.69) is 29.0 Å². The van der Waals surface area contributed by atoms with Gasteiger partial charge in [0.15, 0.2) is 5.75 Å². The van der Waals surface area contributed by atoms with E-state index >= 15 is 0 Å². The van der Waals surface area contributed by atoms with Gasteiger partial charge in [-0.25, -0.2) is 9.97 Å². The number of aliphatic hydroxyl groups is 1. The normalized spacial score (nSPS) is 22.2. The molecule has 0 bridgehead atoms. The molecule has 2 rings (SSSR count). The first-order valence-electron chi connectivity index (χ1n) is 7.36. The van der Waals surface area contributed by atoms with Gasteiger partial charge in [-0.15, -0.1) is 0 Å². The maximum Gasteiger partial charge on any atom is 0.161 e. The quantitative estimate of drug-likeness (QED) is 0.840. The second-order valence-electron chi connectivity index (χ2n) is 5.84. The molecule has 1 aliphatic rings. The Balaban J connectivity index is 2.03. The van der Waals surface area contributed by atoms with Crippen LogP contribution < -0.4 is 4.74 Å². The summed E-state index contributed by atoms with van der Waals surface area (Å²) in [6, 6.07) is 0. The number of hydrogen-bond donors (Lipinski definition) is 1. The minimum atomic E-state index is -0.113. The van der Waals surface area contributed by atoms with Gasteiger partial charge in [-0.2, -0.15) is 0 Å². The Morgan fingerprint density at radius 2 is 2.10 bits per heavy atom. The molecule has 4 heteroatoms. The van der Waals surface area contributed by atoms with E-state index in [0.29, 0.717) is 29.9 Å². The standard InChI is InChI=1S/C16H24N2O2/c1-11(2)16-17-8-15(14(9-19)18-16)20-10-13-7-5-4-6-12(13)3/h4-5,8,11-13,19H,6-7,9-10H2,1-3H3. The molecule has 0 saturated carbocycles. The highest BCUT2D eigenvalue weighted by Crippen LogP contribution is 2.26. The molecule has 1 N–H and O–H groups in total. The fraction of sp³-hybridized carbons (Fsp3) is 0.625. The van der Waals surface area contributed by atoms with E-state index in [9.17, 15) is 5.11 Å². The van der Waals surface area contributed by atoms with Crippen LogP contribution >= 0.6 is 0 Å². The molecule has 0 radical (unpaired) electrons. The van der Waals surface area contributed by atoms with Crippen molar-refractivity contribution in [3.63, 3.8) is 0 Å². The smallest absolute Gasteiger partial charge is 0.161 e. The third-order valence-electron chi connectivity index (χ3n) is 3.89. The average molecular weight is 276 g/mol. The molecule has 0 aromatic carbocycles. The van der Waals surface area contributed by atoms with Crippen molar-refractivity contribution >= 4 is 0 Å². The predicted molar refractivity (Wildman–Crippen MR) is 78.6 cm³/mol. The topological polar surface area (TPSA) is 55.2 Å². The fourth-order valence-electron chi connectivity index (χ4n) is 2.37. The van der Waals surface area contributed by atoms with Crippen molar-refractivity contribution in [1.82, 2.24) is 9.97 Å². The van der Waals surface area contributed by atoms with Gasteiger partial charge in [-0.1, -0.05) is 32.9 Å². The molecule has 1 aromatic heterocycles. The lowest BCUT2D eigenvalue weighted by molar-refractivity contribution is 0.189. The maximum atomic E-state index is 9.43. The summed E-state index contributed by atoms with van der Waals surface area (Å²) in [4.78, 5) is 8.68. The third-order valence-corrected chi connectivity index (χ3v) is 3.89. The van der Waals surface area contributed by atoms with Gasteiger partial charge in [-0.3, -0.25) is 0 Å². The molecule has 0 saturated heterocycles. The van der Waals surface area contributed by atoms with Crippen molar-refractivity contribution in [2.24, 2.45) is 11.8 Å². The number of aromatic nitrogens is 2. The molecule has 0 spiro atoms. The van der Waals surface area contributed by atoms with E-state index in [-0.39, 0.29) is 12.5 Å². The first-order valence-corrected chi connectivity index (χ1v) is 7.36. The molecule has 1 aromatic rings. The minimum Gasteiger partial charge on any atom is -0.490 e. The van der Waals surface area contributed by atoms with E-state index in [1.54, 1.807) is 6.20 Å². The number of hydrogen-bond acceptors (Lipinski definition) is 4. The zero-order valence-electron chi connectivity index (χ0n) is 12.5. The van der Waals surface area contributed by atoms with Crippen molar-refractivity contribution < 1.29 is 9.84 Å². The van der Waals surface area contributed by atoms with Crippen LogP contribution in [0, 0.1) is 11.8 Å². The SMILES string of the molecule is CC(C)c1ncc(OCC2CC=CCC2C)c(CO)n1. The van der Waals surface area contributed by atoms with Crippen LogP contribution in [0.5, 0.6) is 5.75 Å². The second-order valence-corrected chi connectivity index (χ2v) is 5.84.